The van der Waals surface area contributed by atoms with Gasteiger partial charge < -0.3 is 10.1 Å². The van der Waals surface area contributed by atoms with Crippen LogP contribution in [-0.2, 0) is 16.6 Å². The molecule has 0 unspecified atom stereocenters. The monoisotopic (exact) mass is 444 g/mol. The number of carbonyl (C=O) groups excluding carboxylic acids is 1. The molecule has 0 fully saturated rings. The van der Waals surface area contributed by atoms with Gasteiger partial charge in [0.05, 0.1) is 25.0 Å². The van der Waals surface area contributed by atoms with Gasteiger partial charge in [-0.25, -0.2) is 12.8 Å². The van der Waals surface area contributed by atoms with E-state index in [0.717, 1.165) is 15.6 Å². The summed E-state index contributed by atoms with van der Waals surface area (Å²) in [6.45, 7) is -0.0941. The number of ketones is 1. The number of Topliss-reactive ketones (excluding diaryl/α,β-unsaturated/α-hetero) is 1. The fourth-order valence-corrected chi connectivity index (χ4v) is 5.65. The van der Waals surface area contributed by atoms with Gasteiger partial charge in [0.25, 0.3) is 10.0 Å². The van der Waals surface area contributed by atoms with Crippen molar-refractivity contribution < 1.29 is 22.3 Å². The molecule has 0 saturated heterocycles. The lowest BCUT2D eigenvalue weighted by atomic mass is 10.2. The van der Waals surface area contributed by atoms with Gasteiger partial charge in [-0.15, -0.1) is 11.3 Å². The van der Waals surface area contributed by atoms with Crippen molar-refractivity contribution in [2.75, 3.05) is 16.7 Å². The number of halogens is 1. The second-order valence-corrected chi connectivity index (χ2v) is 9.21. The van der Waals surface area contributed by atoms with Crippen molar-refractivity contribution in [2.24, 2.45) is 0 Å². The highest BCUT2D eigenvalue weighted by molar-refractivity contribution is 7.97. The number of fused-ring (bicyclic) bond motifs is 1. The maximum atomic E-state index is 13.6. The van der Waals surface area contributed by atoms with E-state index in [1.165, 1.54) is 31.5 Å². The van der Waals surface area contributed by atoms with Crippen LogP contribution in [0.25, 0.3) is 0 Å². The molecule has 30 heavy (non-hydrogen) atoms. The molecule has 154 valence electrons. The molecule has 3 aromatic rings. The quantitative estimate of drug-likeness (QED) is 0.591. The van der Waals surface area contributed by atoms with Crippen LogP contribution in [-0.4, -0.2) is 21.3 Å². The molecule has 0 atom stereocenters. The standard InChI is InChI=1S/C21H17FN2O4S2/c1-28-18-8-3-2-7-16(18)23-12-19-20(25)21-17(9-10-29-21)24(30(19,26)27)13-14-5-4-6-15(22)11-14/h2-12,23H,13H2,1H3/b19-12-. The Balaban J connectivity index is 1.76. The van der Waals surface area contributed by atoms with Gasteiger partial charge in [0, 0.05) is 6.20 Å². The van der Waals surface area contributed by atoms with Crippen molar-refractivity contribution in [3.05, 3.63) is 87.3 Å². The number of hydrogen-bond donors (Lipinski definition) is 1. The number of ether oxygens (including phenoxy) is 1. The van der Waals surface area contributed by atoms with Crippen molar-refractivity contribution in [3.8, 4) is 5.75 Å². The molecular formula is C21H17FN2O4S2. The number of para-hydroxylation sites is 2. The van der Waals surface area contributed by atoms with E-state index in [2.05, 4.69) is 5.32 Å². The zero-order chi connectivity index (χ0) is 21.3. The molecule has 1 aromatic heterocycles. The lowest BCUT2D eigenvalue weighted by Crippen LogP contribution is -2.38. The predicted molar refractivity (Wildman–Crippen MR) is 115 cm³/mol. The molecule has 0 spiro atoms. The molecular weight excluding hydrogens is 427 g/mol. The van der Waals surface area contributed by atoms with Gasteiger partial charge in [-0.1, -0.05) is 24.3 Å². The number of rotatable bonds is 5. The van der Waals surface area contributed by atoms with Gasteiger partial charge in [-0.2, -0.15) is 0 Å². The van der Waals surface area contributed by atoms with E-state index in [9.17, 15) is 17.6 Å². The maximum absolute atomic E-state index is 13.6. The lowest BCUT2D eigenvalue weighted by Gasteiger charge is -2.29. The van der Waals surface area contributed by atoms with Crippen LogP contribution >= 0.6 is 11.3 Å². The second-order valence-electron chi connectivity index (χ2n) is 6.46. The van der Waals surface area contributed by atoms with Crippen LogP contribution in [0.1, 0.15) is 15.2 Å². The number of methoxy groups -OCH3 is 1. The fourth-order valence-electron chi connectivity index (χ4n) is 3.16. The van der Waals surface area contributed by atoms with Gasteiger partial charge in [0.2, 0.25) is 5.78 Å². The molecule has 1 aliphatic heterocycles. The normalized spacial score (nSPS) is 16.4. The molecule has 1 N–H and O–H groups in total. The van der Waals surface area contributed by atoms with E-state index < -0.39 is 21.6 Å². The third-order valence-corrected chi connectivity index (χ3v) is 7.26. The van der Waals surface area contributed by atoms with Crippen molar-refractivity contribution in [3.63, 3.8) is 0 Å². The first-order valence-corrected chi connectivity index (χ1v) is 11.2. The molecule has 0 saturated carbocycles. The van der Waals surface area contributed by atoms with E-state index in [1.54, 1.807) is 41.8 Å². The highest BCUT2D eigenvalue weighted by Crippen LogP contribution is 2.39. The van der Waals surface area contributed by atoms with Gasteiger partial charge in [0.15, 0.2) is 4.91 Å². The predicted octanol–water partition coefficient (Wildman–Crippen LogP) is 4.38. The number of benzene rings is 2. The summed E-state index contributed by atoms with van der Waals surface area (Å²) in [5.74, 6) is -0.543. The van der Waals surface area contributed by atoms with Gasteiger partial charge in [-0.3, -0.25) is 9.10 Å². The summed E-state index contributed by atoms with van der Waals surface area (Å²) in [4.78, 5) is 12.9. The summed E-state index contributed by atoms with van der Waals surface area (Å²) in [5, 5.41) is 4.53. The summed E-state index contributed by atoms with van der Waals surface area (Å²) >= 11 is 1.16. The van der Waals surface area contributed by atoms with Crippen LogP contribution in [0.4, 0.5) is 15.8 Å². The molecule has 4 rings (SSSR count). The Bertz CT molecular complexity index is 1250. The Morgan fingerprint density at radius 1 is 1.17 bits per heavy atom. The van der Waals surface area contributed by atoms with Gasteiger partial charge in [0.1, 0.15) is 16.4 Å². The maximum Gasteiger partial charge on any atom is 0.270 e. The minimum Gasteiger partial charge on any atom is -0.495 e. The Morgan fingerprint density at radius 2 is 1.97 bits per heavy atom. The summed E-state index contributed by atoms with van der Waals surface area (Å²) in [6, 6.07) is 14.2. The van der Waals surface area contributed by atoms with Gasteiger partial charge >= 0.3 is 0 Å². The molecule has 6 nitrogen and oxygen atoms in total. The van der Waals surface area contributed by atoms with Crippen molar-refractivity contribution in [1.82, 2.24) is 0 Å². The number of carbonyl (C=O) groups is 1. The molecule has 9 heteroatoms. The smallest absolute Gasteiger partial charge is 0.270 e. The summed E-state index contributed by atoms with van der Waals surface area (Å²) < 4.78 is 46.6. The van der Waals surface area contributed by atoms with E-state index in [4.69, 9.17) is 4.74 Å². The van der Waals surface area contributed by atoms with Crippen LogP contribution in [0.3, 0.4) is 0 Å². The number of sulfonamides is 1. The Kier molecular flexibility index (Phi) is 5.31. The number of hydrogen-bond acceptors (Lipinski definition) is 6. The zero-order valence-electron chi connectivity index (χ0n) is 15.8. The van der Waals surface area contributed by atoms with Crippen LogP contribution in [0.15, 0.2) is 71.1 Å². The van der Waals surface area contributed by atoms with E-state index in [1.807, 2.05) is 0 Å². The largest absolute Gasteiger partial charge is 0.495 e. The van der Waals surface area contributed by atoms with Crippen molar-refractivity contribution in [2.45, 2.75) is 6.54 Å². The van der Waals surface area contributed by atoms with Crippen LogP contribution in [0.2, 0.25) is 0 Å². The SMILES string of the molecule is COc1ccccc1N/C=C1/C(=O)c2sccc2N(Cc2cccc(F)c2)S1(=O)=O. The first-order chi connectivity index (χ1) is 14.4. The first kappa shape index (κ1) is 20.1. The molecule has 2 heterocycles. The average Bonchev–Trinajstić information content (AvgIpc) is 3.21. The first-order valence-electron chi connectivity index (χ1n) is 8.91. The van der Waals surface area contributed by atoms with Crippen molar-refractivity contribution in [1.29, 1.82) is 0 Å². The molecule has 0 aliphatic carbocycles. The number of nitrogens with one attached hydrogen (secondary N) is 1. The fraction of sp³-hybridized carbons (Fsp3) is 0.0952. The average molecular weight is 445 g/mol. The molecule has 0 bridgehead atoms. The number of thiophene rings is 1. The zero-order valence-corrected chi connectivity index (χ0v) is 17.5. The van der Waals surface area contributed by atoms with Crippen LogP contribution in [0.5, 0.6) is 5.75 Å². The van der Waals surface area contributed by atoms with E-state index in [-0.39, 0.29) is 11.4 Å². The van der Waals surface area contributed by atoms with Gasteiger partial charge in [-0.05, 0) is 41.3 Å². The molecule has 1 aliphatic rings. The highest BCUT2D eigenvalue weighted by Gasteiger charge is 2.41. The Hall–Kier alpha value is -3.17. The Morgan fingerprint density at radius 3 is 2.73 bits per heavy atom. The van der Waals surface area contributed by atoms with Crippen LogP contribution < -0.4 is 14.4 Å². The third kappa shape index (κ3) is 3.57. The van der Waals surface area contributed by atoms with Crippen molar-refractivity contribution >= 4 is 38.5 Å². The third-order valence-electron chi connectivity index (χ3n) is 4.59. The highest BCUT2D eigenvalue weighted by atomic mass is 32.2. The Labute approximate surface area is 177 Å². The topological polar surface area (TPSA) is 75.7 Å². The lowest BCUT2D eigenvalue weighted by molar-refractivity contribution is 0.104. The van der Waals surface area contributed by atoms with E-state index >= 15 is 0 Å². The summed E-state index contributed by atoms with van der Waals surface area (Å²) in [5.41, 5.74) is 1.29. The molecule has 0 amide bonds. The molecule has 2 aromatic carbocycles. The number of anilines is 2. The minimum atomic E-state index is -4.17. The summed E-state index contributed by atoms with van der Waals surface area (Å²) in [7, 11) is -2.68. The number of nitrogens with zero attached hydrogens (tertiary/aromatic N) is 1. The van der Waals surface area contributed by atoms with E-state index in [0.29, 0.717) is 27.6 Å². The second kappa shape index (κ2) is 7.92. The number of allylic oxidation sites excluding steroid dienone is 1. The summed E-state index contributed by atoms with van der Waals surface area (Å²) in [6.07, 6.45) is 1.18. The minimum absolute atomic E-state index is 0.0941. The molecule has 0 radical (unpaired) electrons. The van der Waals surface area contributed by atoms with Crippen LogP contribution in [0, 0.1) is 5.82 Å².